The van der Waals surface area contributed by atoms with E-state index in [0.717, 1.165) is 17.7 Å². The summed E-state index contributed by atoms with van der Waals surface area (Å²) < 4.78 is 11.5. The molecule has 2 aromatic rings. The number of aliphatic hydroxyl groups excluding tert-OH is 1. The van der Waals surface area contributed by atoms with Crippen molar-refractivity contribution >= 4 is 17.2 Å². The van der Waals surface area contributed by atoms with E-state index >= 15 is 0 Å². The normalized spacial score (nSPS) is 16.7. The van der Waals surface area contributed by atoms with E-state index in [2.05, 4.69) is 18.0 Å². The smallest absolute Gasteiger partial charge is 0.237 e. The zero-order valence-corrected chi connectivity index (χ0v) is 20.7. The van der Waals surface area contributed by atoms with Gasteiger partial charge in [-0.1, -0.05) is 18.2 Å². The Morgan fingerprint density at radius 2 is 2.21 bits per heavy atom. The molecule has 0 fully saturated rings. The lowest BCUT2D eigenvalue weighted by Crippen LogP contribution is -2.49. The minimum absolute atomic E-state index is 0.0533. The van der Waals surface area contributed by atoms with Crippen LogP contribution < -0.4 is 4.74 Å². The summed E-state index contributed by atoms with van der Waals surface area (Å²) in [7, 11) is 0. The van der Waals surface area contributed by atoms with Gasteiger partial charge in [-0.15, -0.1) is 17.9 Å². The van der Waals surface area contributed by atoms with Crippen molar-refractivity contribution in [1.29, 1.82) is 0 Å². The second-order valence-electron chi connectivity index (χ2n) is 8.78. The van der Waals surface area contributed by atoms with E-state index in [1.807, 2.05) is 54.8 Å². The molecule has 1 amide bonds. The van der Waals surface area contributed by atoms with Gasteiger partial charge in [0.05, 0.1) is 31.9 Å². The summed E-state index contributed by atoms with van der Waals surface area (Å²) in [5.41, 5.74) is 2.32. The number of aliphatic hydroxyl groups is 1. The number of rotatable bonds is 12. The summed E-state index contributed by atoms with van der Waals surface area (Å²) in [5.74, 6) is 0.869. The van der Waals surface area contributed by atoms with Crippen molar-refractivity contribution in [3.8, 4) is 5.75 Å². The predicted molar refractivity (Wildman–Crippen MR) is 133 cm³/mol. The van der Waals surface area contributed by atoms with Crippen molar-refractivity contribution in [2.24, 2.45) is 0 Å². The fraction of sp³-hybridized carbons (Fsp3) is 0.500. The van der Waals surface area contributed by atoms with Crippen molar-refractivity contribution in [3.05, 3.63) is 64.4 Å². The topological polar surface area (TPSA) is 62.2 Å². The number of carbonyl (C=O) groups excluding carboxylic acids is 1. The number of thiophene rings is 1. The van der Waals surface area contributed by atoms with Crippen LogP contribution >= 0.6 is 11.3 Å². The third-order valence-electron chi connectivity index (χ3n) is 5.87. The van der Waals surface area contributed by atoms with Crippen LogP contribution in [0.15, 0.2) is 48.4 Å². The van der Waals surface area contributed by atoms with Gasteiger partial charge in [0.1, 0.15) is 12.4 Å². The van der Waals surface area contributed by atoms with Crippen LogP contribution in [0.3, 0.4) is 0 Å². The second kappa shape index (κ2) is 12.3. The molecule has 1 aliphatic rings. The maximum Gasteiger partial charge on any atom is 0.237 e. The van der Waals surface area contributed by atoms with Crippen LogP contribution in [0.25, 0.3) is 0 Å². The number of fused-ring (bicyclic) bond motifs is 1. The molecule has 6 nitrogen and oxygen atoms in total. The van der Waals surface area contributed by atoms with Crippen LogP contribution in [-0.4, -0.2) is 72.4 Å². The molecule has 7 heteroatoms. The first kappa shape index (κ1) is 25.4. The highest BCUT2D eigenvalue weighted by Crippen LogP contribution is 2.34. The van der Waals surface area contributed by atoms with Gasteiger partial charge in [0.15, 0.2) is 0 Å². The molecule has 0 spiro atoms. The number of amides is 1. The predicted octanol–water partition coefficient (Wildman–Crippen LogP) is 3.84. The van der Waals surface area contributed by atoms with E-state index in [1.54, 1.807) is 17.4 Å². The molecule has 2 atom stereocenters. The maximum absolute atomic E-state index is 13.5. The number of carbonyl (C=O) groups is 1. The van der Waals surface area contributed by atoms with Gasteiger partial charge in [-0.05, 0) is 61.9 Å². The van der Waals surface area contributed by atoms with Crippen LogP contribution in [0.2, 0.25) is 0 Å². The summed E-state index contributed by atoms with van der Waals surface area (Å²) in [5, 5.41) is 12.5. The molecule has 0 unspecified atom stereocenters. The number of ether oxygens (including phenoxy) is 2. The largest absolute Gasteiger partial charge is 0.491 e. The average Bonchev–Trinajstić information content (AvgIpc) is 3.26. The van der Waals surface area contributed by atoms with E-state index in [9.17, 15) is 9.90 Å². The van der Waals surface area contributed by atoms with Crippen molar-refractivity contribution in [1.82, 2.24) is 9.80 Å². The molecular formula is C26H36N2O4S. The lowest BCUT2D eigenvalue weighted by atomic mass is 10.00. The zero-order valence-electron chi connectivity index (χ0n) is 19.9. The van der Waals surface area contributed by atoms with Crippen LogP contribution in [-0.2, 0) is 16.0 Å². The van der Waals surface area contributed by atoms with E-state index in [1.165, 1.54) is 10.4 Å². The maximum atomic E-state index is 13.5. The van der Waals surface area contributed by atoms with E-state index in [4.69, 9.17) is 9.47 Å². The molecule has 2 heterocycles. The van der Waals surface area contributed by atoms with Gasteiger partial charge in [0, 0.05) is 24.0 Å². The highest BCUT2D eigenvalue weighted by molar-refractivity contribution is 7.10. The van der Waals surface area contributed by atoms with Gasteiger partial charge >= 0.3 is 0 Å². The number of hydrogen-bond acceptors (Lipinski definition) is 6. The van der Waals surface area contributed by atoms with Gasteiger partial charge in [-0.2, -0.15) is 0 Å². The minimum atomic E-state index is -0.662. The van der Waals surface area contributed by atoms with Gasteiger partial charge in [0.25, 0.3) is 0 Å². The minimum Gasteiger partial charge on any atom is -0.491 e. The molecule has 1 aliphatic heterocycles. The van der Waals surface area contributed by atoms with Crippen molar-refractivity contribution in [3.63, 3.8) is 0 Å². The van der Waals surface area contributed by atoms with Crippen LogP contribution in [0, 0.1) is 6.92 Å². The molecule has 1 aromatic heterocycles. The van der Waals surface area contributed by atoms with Gasteiger partial charge in [-0.3, -0.25) is 9.69 Å². The van der Waals surface area contributed by atoms with E-state index in [0.29, 0.717) is 26.3 Å². The standard InChI is InChI=1S/C26H36N2O4S/c1-5-12-31-17-21(29)15-27(19(2)3)16-26(30)28-11-9-25-23(10-13-33-25)24(28)18-32-22-8-6-7-20(4)14-22/h5-8,10,13-14,19,21,24,29H,1,9,11-12,15-18H2,2-4H3/t21-,24-/m0/s1. The first-order chi connectivity index (χ1) is 15.9. The highest BCUT2D eigenvalue weighted by atomic mass is 32.1. The number of hydrogen-bond donors (Lipinski definition) is 1. The van der Waals surface area contributed by atoms with Gasteiger partial charge < -0.3 is 19.5 Å². The molecule has 0 radical (unpaired) electrons. The molecule has 0 saturated carbocycles. The fourth-order valence-corrected chi connectivity index (χ4v) is 5.02. The Labute approximate surface area is 201 Å². The lowest BCUT2D eigenvalue weighted by Gasteiger charge is -2.38. The third kappa shape index (κ3) is 7.14. The fourth-order valence-electron chi connectivity index (χ4n) is 4.09. The summed E-state index contributed by atoms with van der Waals surface area (Å²) in [4.78, 5) is 18.7. The molecule has 3 rings (SSSR count). The van der Waals surface area contributed by atoms with Crippen molar-refractivity contribution < 1.29 is 19.4 Å². The third-order valence-corrected chi connectivity index (χ3v) is 6.87. The first-order valence-corrected chi connectivity index (χ1v) is 12.4. The Balaban J connectivity index is 1.68. The van der Waals surface area contributed by atoms with Crippen molar-refractivity contribution in [2.75, 3.05) is 39.5 Å². The number of aryl methyl sites for hydroxylation is 1. The molecule has 180 valence electrons. The first-order valence-electron chi connectivity index (χ1n) is 11.5. The SMILES string of the molecule is C=CCOC[C@@H](O)CN(CC(=O)N1CCc2sccc2[C@@H]1COc1cccc(C)c1)C(C)C. The molecule has 0 aliphatic carbocycles. The quantitative estimate of drug-likeness (QED) is 0.376. The van der Waals surface area contributed by atoms with E-state index < -0.39 is 6.10 Å². The monoisotopic (exact) mass is 472 g/mol. The Morgan fingerprint density at radius 3 is 2.94 bits per heavy atom. The molecule has 0 saturated heterocycles. The number of nitrogens with zero attached hydrogens (tertiary/aromatic N) is 2. The summed E-state index contributed by atoms with van der Waals surface area (Å²) >= 11 is 1.75. The summed E-state index contributed by atoms with van der Waals surface area (Å²) in [6.45, 7) is 12.1. The molecule has 0 bridgehead atoms. The highest BCUT2D eigenvalue weighted by Gasteiger charge is 2.33. The van der Waals surface area contributed by atoms with Crippen LogP contribution in [0.1, 0.15) is 35.9 Å². The van der Waals surface area contributed by atoms with Crippen LogP contribution in [0.4, 0.5) is 0 Å². The molecular weight excluding hydrogens is 436 g/mol. The van der Waals surface area contributed by atoms with E-state index in [-0.39, 0.29) is 31.1 Å². The van der Waals surface area contributed by atoms with Crippen LogP contribution in [0.5, 0.6) is 5.75 Å². The summed E-state index contributed by atoms with van der Waals surface area (Å²) in [6, 6.07) is 10.1. The summed E-state index contributed by atoms with van der Waals surface area (Å²) in [6.07, 6.45) is 1.86. The number of benzene rings is 1. The molecule has 1 N–H and O–H groups in total. The second-order valence-corrected chi connectivity index (χ2v) is 9.78. The van der Waals surface area contributed by atoms with Crippen molar-refractivity contribution in [2.45, 2.75) is 45.4 Å². The Kier molecular flexibility index (Phi) is 9.50. The van der Waals surface area contributed by atoms with Gasteiger partial charge in [-0.25, -0.2) is 0 Å². The Hall–Kier alpha value is -2.19. The molecule has 1 aromatic carbocycles. The lowest BCUT2D eigenvalue weighted by molar-refractivity contribution is -0.137. The molecule has 33 heavy (non-hydrogen) atoms. The van der Waals surface area contributed by atoms with Gasteiger partial charge in [0.2, 0.25) is 5.91 Å². The Bertz CT molecular complexity index is 913. The Morgan fingerprint density at radius 1 is 1.39 bits per heavy atom. The average molecular weight is 473 g/mol. The zero-order chi connectivity index (χ0) is 23.8.